The van der Waals surface area contributed by atoms with E-state index in [2.05, 4.69) is 5.32 Å². The predicted octanol–water partition coefficient (Wildman–Crippen LogP) is 0.977. The van der Waals surface area contributed by atoms with Gasteiger partial charge in [0.25, 0.3) is 0 Å². The van der Waals surface area contributed by atoms with E-state index < -0.39 is 15.8 Å². The SMILES string of the molecule is CS(=O)(=O)c1ccccc1NCCC(=O)O. The second-order valence-corrected chi connectivity index (χ2v) is 5.32. The highest BCUT2D eigenvalue weighted by Crippen LogP contribution is 2.20. The molecule has 0 unspecified atom stereocenters. The molecule has 0 bridgehead atoms. The number of nitrogens with one attached hydrogen (secondary N) is 1. The van der Waals surface area contributed by atoms with Crippen LogP contribution in [0.5, 0.6) is 0 Å². The summed E-state index contributed by atoms with van der Waals surface area (Å²) in [7, 11) is -3.29. The van der Waals surface area contributed by atoms with Gasteiger partial charge in [-0.25, -0.2) is 8.42 Å². The molecule has 0 aliphatic rings. The molecule has 0 aromatic heterocycles. The molecule has 0 saturated heterocycles. The van der Waals surface area contributed by atoms with E-state index in [-0.39, 0.29) is 17.9 Å². The summed E-state index contributed by atoms with van der Waals surface area (Å²) < 4.78 is 22.8. The second kappa shape index (κ2) is 4.98. The molecule has 0 fully saturated rings. The average molecular weight is 243 g/mol. The summed E-state index contributed by atoms with van der Waals surface area (Å²) in [5, 5.41) is 11.3. The average Bonchev–Trinajstić information content (AvgIpc) is 2.16. The Hall–Kier alpha value is -1.56. The summed E-state index contributed by atoms with van der Waals surface area (Å²) in [5.41, 5.74) is 0.436. The highest BCUT2D eigenvalue weighted by Gasteiger charge is 2.11. The monoisotopic (exact) mass is 243 g/mol. The smallest absolute Gasteiger partial charge is 0.305 e. The van der Waals surface area contributed by atoms with E-state index >= 15 is 0 Å². The van der Waals surface area contributed by atoms with Crippen LogP contribution in [0.2, 0.25) is 0 Å². The van der Waals surface area contributed by atoms with E-state index in [9.17, 15) is 13.2 Å². The van der Waals surface area contributed by atoms with Crippen LogP contribution in [-0.2, 0) is 14.6 Å². The first-order valence-electron chi connectivity index (χ1n) is 4.66. The van der Waals surface area contributed by atoms with Gasteiger partial charge in [-0.3, -0.25) is 4.79 Å². The van der Waals surface area contributed by atoms with Crippen molar-refractivity contribution in [1.82, 2.24) is 0 Å². The van der Waals surface area contributed by atoms with Crippen molar-refractivity contribution in [3.63, 3.8) is 0 Å². The van der Waals surface area contributed by atoms with Gasteiger partial charge >= 0.3 is 5.97 Å². The highest BCUT2D eigenvalue weighted by atomic mass is 32.2. The summed E-state index contributed by atoms with van der Waals surface area (Å²) in [6.45, 7) is 0.196. The van der Waals surface area contributed by atoms with E-state index in [0.29, 0.717) is 5.69 Å². The summed E-state index contributed by atoms with van der Waals surface area (Å²) in [4.78, 5) is 10.5. The van der Waals surface area contributed by atoms with Gasteiger partial charge in [0, 0.05) is 12.8 Å². The molecule has 0 atom stereocenters. The molecular formula is C10H13NO4S. The van der Waals surface area contributed by atoms with Gasteiger partial charge in [-0.1, -0.05) is 12.1 Å². The normalized spacial score (nSPS) is 11.1. The number of rotatable bonds is 5. The number of carbonyl (C=O) groups is 1. The van der Waals surface area contributed by atoms with Crippen molar-refractivity contribution in [3.8, 4) is 0 Å². The molecule has 6 heteroatoms. The lowest BCUT2D eigenvalue weighted by Gasteiger charge is -2.09. The molecule has 2 N–H and O–H groups in total. The van der Waals surface area contributed by atoms with Gasteiger partial charge in [0.05, 0.1) is 17.0 Å². The van der Waals surface area contributed by atoms with Crippen LogP contribution in [0.4, 0.5) is 5.69 Å². The first-order chi connectivity index (χ1) is 7.41. The topological polar surface area (TPSA) is 83.5 Å². The first kappa shape index (κ1) is 12.5. The van der Waals surface area contributed by atoms with Crippen LogP contribution >= 0.6 is 0 Å². The fourth-order valence-electron chi connectivity index (χ4n) is 1.24. The predicted molar refractivity (Wildman–Crippen MR) is 60.3 cm³/mol. The van der Waals surface area contributed by atoms with E-state index in [1.165, 1.54) is 6.07 Å². The van der Waals surface area contributed by atoms with Gasteiger partial charge in [0.15, 0.2) is 9.84 Å². The molecule has 0 heterocycles. The van der Waals surface area contributed by atoms with Crippen LogP contribution in [0.1, 0.15) is 6.42 Å². The third-order valence-corrected chi connectivity index (χ3v) is 3.10. The molecule has 0 saturated carbocycles. The van der Waals surface area contributed by atoms with Gasteiger partial charge in [-0.15, -0.1) is 0 Å². The Morgan fingerprint density at radius 2 is 2.00 bits per heavy atom. The van der Waals surface area contributed by atoms with Crippen LogP contribution in [0.25, 0.3) is 0 Å². The minimum Gasteiger partial charge on any atom is -0.481 e. The quantitative estimate of drug-likeness (QED) is 0.805. The van der Waals surface area contributed by atoms with E-state index in [4.69, 9.17) is 5.11 Å². The zero-order chi connectivity index (χ0) is 12.2. The lowest BCUT2D eigenvalue weighted by molar-refractivity contribution is -0.136. The number of aliphatic carboxylic acids is 1. The highest BCUT2D eigenvalue weighted by molar-refractivity contribution is 7.90. The van der Waals surface area contributed by atoms with Crippen LogP contribution < -0.4 is 5.32 Å². The molecular weight excluding hydrogens is 230 g/mol. The Balaban J connectivity index is 2.84. The molecule has 88 valence electrons. The fourth-order valence-corrected chi connectivity index (χ4v) is 2.11. The van der Waals surface area contributed by atoms with Crippen molar-refractivity contribution in [2.45, 2.75) is 11.3 Å². The van der Waals surface area contributed by atoms with Crippen LogP contribution in [0.3, 0.4) is 0 Å². The molecule has 16 heavy (non-hydrogen) atoms. The minimum atomic E-state index is -3.29. The molecule has 0 aliphatic heterocycles. The molecule has 0 spiro atoms. The number of hydrogen-bond acceptors (Lipinski definition) is 4. The van der Waals surface area contributed by atoms with E-state index in [1.807, 2.05) is 0 Å². The van der Waals surface area contributed by atoms with Crippen molar-refractivity contribution in [2.75, 3.05) is 18.1 Å². The van der Waals surface area contributed by atoms with E-state index in [0.717, 1.165) is 6.26 Å². The third kappa shape index (κ3) is 3.54. The molecule has 1 aromatic carbocycles. The molecule has 0 aliphatic carbocycles. The zero-order valence-electron chi connectivity index (χ0n) is 8.80. The van der Waals surface area contributed by atoms with Crippen molar-refractivity contribution in [2.24, 2.45) is 0 Å². The number of benzene rings is 1. The molecule has 1 aromatic rings. The van der Waals surface area contributed by atoms with Crippen molar-refractivity contribution in [1.29, 1.82) is 0 Å². The summed E-state index contributed by atoms with van der Waals surface area (Å²) in [6, 6.07) is 6.41. The maximum atomic E-state index is 11.4. The standard InChI is InChI=1S/C10H13NO4S/c1-16(14,15)9-5-3-2-4-8(9)11-7-6-10(12)13/h2-5,11H,6-7H2,1H3,(H,12,13). The van der Waals surface area contributed by atoms with Crippen molar-refractivity contribution >= 4 is 21.5 Å². The van der Waals surface area contributed by atoms with Gasteiger partial charge in [-0.05, 0) is 12.1 Å². The number of carboxylic acids is 1. The largest absolute Gasteiger partial charge is 0.481 e. The summed E-state index contributed by atoms with van der Waals surface area (Å²) >= 11 is 0. The molecule has 0 amide bonds. The van der Waals surface area contributed by atoms with Crippen LogP contribution in [0.15, 0.2) is 29.2 Å². The van der Waals surface area contributed by atoms with Crippen LogP contribution in [-0.4, -0.2) is 32.3 Å². The lowest BCUT2D eigenvalue weighted by atomic mass is 10.3. The van der Waals surface area contributed by atoms with Gasteiger partial charge in [0.2, 0.25) is 0 Å². The minimum absolute atomic E-state index is 0.0574. The second-order valence-electron chi connectivity index (χ2n) is 3.34. The Morgan fingerprint density at radius 1 is 1.38 bits per heavy atom. The molecule has 0 radical (unpaired) electrons. The number of hydrogen-bond donors (Lipinski definition) is 2. The van der Waals surface area contributed by atoms with Gasteiger partial charge in [0.1, 0.15) is 0 Å². The first-order valence-corrected chi connectivity index (χ1v) is 6.55. The van der Waals surface area contributed by atoms with Crippen LogP contribution in [0, 0.1) is 0 Å². The van der Waals surface area contributed by atoms with E-state index in [1.54, 1.807) is 18.2 Å². The maximum Gasteiger partial charge on any atom is 0.305 e. The molecule has 5 nitrogen and oxygen atoms in total. The van der Waals surface area contributed by atoms with Crippen molar-refractivity contribution in [3.05, 3.63) is 24.3 Å². The van der Waals surface area contributed by atoms with Gasteiger partial charge in [-0.2, -0.15) is 0 Å². The Kier molecular flexibility index (Phi) is 3.89. The lowest BCUT2D eigenvalue weighted by Crippen LogP contribution is -2.10. The number of sulfone groups is 1. The zero-order valence-corrected chi connectivity index (χ0v) is 9.62. The number of anilines is 1. The number of para-hydroxylation sites is 1. The third-order valence-electron chi connectivity index (χ3n) is 1.94. The summed E-state index contributed by atoms with van der Waals surface area (Å²) in [5.74, 6) is -0.927. The Labute approximate surface area is 94.0 Å². The van der Waals surface area contributed by atoms with Crippen molar-refractivity contribution < 1.29 is 18.3 Å². The fraction of sp³-hybridized carbons (Fsp3) is 0.300. The molecule has 1 rings (SSSR count). The number of carboxylic acid groups (broad SMARTS) is 1. The van der Waals surface area contributed by atoms with Gasteiger partial charge < -0.3 is 10.4 Å². The Bertz CT molecular complexity index is 481. The Morgan fingerprint density at radius 3 is 2.56 bits per heavy atom. The summed E-state index contributed by atoms with van der Waals surface area (Å²) in [6.07, 6.45) is 1.06. The maximum absolute atomic E-state index is 11.4.